The number of carbonyl (C=O) groups excluding carboxylic acids is 1. The average Bonchev–Trinajstić information content (AvgIpc) is 2.72. The summed E-state index contributed by atoms with van der Waals surface area (Å²) < 4.78 is 6.01. The third-order valence-electron chi connectivity index (χ3n) is 5.70. The number of hydrogen-bond donors (Lipinski definition) is 3. The second kappa shape index (κ2) is 13.2. The van der Waals surface area contributed by atoms with Crippen LogP contribution in [0.15, 0.2) is 24.3 Å². The Labute approximate surface area is 190 Å². The van der Waals surface area contributed by atoms with Crippen LogP contribution in [0.5, 0.6) is 0 Å². The van der Waals surface area contributed by atoms with Gasteiger partial charge in [0.2, 0.25) is 5.91 Å². The summed E-state index contributed by atoms with van der Waals surface area (Å²) in [6.45, 7) is 8.98. The molecule has 2 unspecified atom stereocenters. The minimum atomic E-state index is -1.82. The van der Waals surface area contributed by atoms with Crippen molar-refractivity contribution in [2.45, 2.75) is 58.0 Å². The van der Waals surface area contributed by atoms with Gasteiger partial charge in [0.1, 0.15) is 0 Å². The maximum Gasteiger partial charge on any atom is 0.414 e. The highest BCUT2D eigenvalue weighted by atomic mass is 16.5. The predicted molar refractivity (Wildman–Crippen MR) is 123 cm³/mol. The molecule has 8 nitrogen and oxygen atoms in total. The largest absolute Gasteiger partial charge is 0.473 e. The van der Waals surface area contributed by atoms with Crippen LogP contribution in [-0.4, -0.2) is 72.9 Å². The van der Waals surface area contributed by atoms with E-state index in [-0.39, 0.29) is 17.4 Å². The summed E-state index contributed by atoms with van der Waals surface area (Å²) in [4.78, 5) is 33.1. The fourth-order valence-electron chi connectivity index (χ4n) is 3.80. The van der Waals surface area contributed by atoms with Gasteiger partial charge in [-0.05, 0) is 58.3 Å². The van der Waals surface area contributed by atoms with E-state index in [1.165, 1.54) is 11.1 Å². The minimum absolute atomic E-state index is 0.119. The van der Waals surface area contributed by atoms with Crippen molar-refractivity contribution in [3.8, 4) is 0 Å². The van der Waals surface area contributed by atoms with Gasteiger partial charge in [-0.15, -0.1) is 0 Å². The molecule has 0 aromatic heterocycles. The van der Waals surface area contributed by atoms with Gasteiger partial charge in [0.15, 0.2) is 0 Å². The quantitative estimate of drug-likeness (QED) is 0.412. The maximum absolute atomic E-state index is 12.7. The molecular weight excluding hydrogens is 412 g/mol. The Morgan fingerprint density at radius 3 is 2.25 bits per heavy atom. The molecule has 32 heavy (non-hydrogen) atoms. The van der Waals surface area contributed by atoms with Crippen molar-refractivity contribution in [3.63, 3.8) is 0 Å². The number of carboxylic acids is 2. The van der Waals surface area contributed by atoms with E-state index in [0.717, 1.165) is 39.0 Å². The zero-order valence-electron chi connectivity index (χ0n) is 19.9. The molecule has 3 N–H and O–H groups in total. The first-order valence-electron chi connectivity index (χ1n) is 11.0. The molecule has 1 saturated heterocycles. The normalized spacial score (nSPS) is 20.4. The third-order valence-corrected chi connectivity index (χ3v) is 5.70. The van der Waals surface area contributed by atoms with Crippen LogP contribution in [0.25, 0.3) is 0 Å². The highest BCUT2D eigenvalue weighted by Crippen LogP contribution is 2.42. The number of carbonyl (C=O) groups is 3. The number of aryl methyl sites for hydroxylation is 1. The summed E-state index contributed by atoms with van der Waals surface area (Å²) in [6.07, 6.45) is 3.56. The number of aliphatic carboxylic acids is 2. The fraction of sp³-hybridized carbons (Fsp3) is 0.625. The number of amides is 1. The lowest BCUT2D eigenvalue weighted by Gasteiger charge is -2.42. The number of benzene rings is 1. The van der Waals surface area contributed by atoms with Gasteiger partial charge in [-0.3, -0.25) is 4.79 Å². The van der Waals surface area contributed by atoms with Crippen LogP contribution in [0.3, 0.4) is 0 Å². The molecule has 0 spiro atoms. The summed E-state index contributed by atoms with van der Waals surface area (Å²) in [6, 6.07) is 8.73. The molecule has 2 rings (SSSR count). The zero-order chi connectivity index (χ0) is 24.3. The van der Waals surface area contributed by atoms with Crippen molar-refractivity contribution in [2.75, 3.05) is 33.8 Å². The summed E-state index contributed by atoms with van der Waals surface area (Å²) in [5.74, 6) is -3.03. The Hall–Kier alpha value is -2.45. The summed E-state index contributed by atoms with van der Waals surface area (Å²) in [7, 11) is 4.12. The summed E-state index contributed by atoms with van der Waals surface area (Å²) >= 11 is 0. The standard InChI is InChI=1S/C22H36N2O2.C2H2O4/c1-17(2)20-15-22(11-14-26-20,19-9-7-18(3)8-10-19)16-21(25)23-12-6-13-24(4)5;3-1(4)2(5)6/h7-10,17,20H,6,11-16H2,1-5H3,(H,23,25);(H,3,4)(H,5,6). The van der Waals surface area contributed by atoms with Crippen LogP contribution >= 0.6 is 0 Å². The minimum Gasteiger partial charge on any atom is -0.473 e. The Bertz CT molecular complexity index is 735. The van der Waals surface area contributed by atoms with Gasteiger partial charge < -0.3 is 25.2 Å². The van der Waals surface area contributed by atoms with E-state index in [2.05, 4.69) is 69.3 Å². The third kappa shape index (κ3) is 9.36. The molecule has 0 radical (unpaired) electrons. The summed E-state index contributed by atoms with van der Waals surface area (Å²) in [5.41, 5.74) is 2.41. The second-order valence-corrected chi connectivity index (χ2v) is 9.05. The molecule has 1 fully saturated rings. The van der Waals surface area contributed by atoms with E-state index < -0.39 is 11.9 Å². The summed E-state index contributed by atoms with van der Waals surface area (Å²) in [5, 5.41) is 17.9. The van der Waals surface area contributed by atoms with Gasteiger partial charge >= 0.3 is 11.9 Å². The topological polar surface area (TPSA) is 116 Å². The van der Waals surface area contributed by atoms with E-state index >= 15 is 0 Å². The van der Waals surface area contributed by atoms with Crippen LogP contribution in [0, 0.1) is 12.8 Å². The molecule has 180 valence electrons. The monoisotopic (exact) mass is 450 g/mol. The molecule has 2 atom stereocenters. The van der Waals surface area contributed by atoms with E-state index in [9.17, 15) is 4.79 Å². The van der Waals surface area contributed by atoms with Gasteiger partial charge in [-0.1, -0.05) is 43.7 Å². The second-order valence-electron chi connectivity index (χ2n) is 9.05. The molecule has 1 heterocycles. The van der Waals surface area contributed by atoms with Crippen molar-refractivity contribution < 1.29 is 29.3 Å². The van der Waals surface area contributed by atoms with Crippen LogP contribution in [0.2, 0.25) is 0 Å². The predicted octanol–water partition coefficient (Wildman–Crippen LogP) is 2.68. The first-order valence-corrected chi connectivity index (χ1v) is 11.0. The van der Waals surface area contributed by atoms with Gasteiger partial charge in [-0.25, -0.2) is 9.59 Å². The van der Waals surface area contributed by atoms with Crippen molar-refractivity contribution in [1.82, 2.24) is 10.2 Å². The van der Waals surface area contributed by atoms with Crippen molar-refractivity contribution >= 4 is 17.8 Å². The Kier molecular flexibility index (Phi) is 11.4. The number of nitrogens with one attached hydrogen (secondary N) is 1. The lowest BCUT2D eigenvalue weighted by Crippen LogP contribution is -2.44. The lowest BCUT2D eigenvalue weighted by molar-refractivity contribution is -0.159. The molecular formula is C24H38N2O6. The number of hydrogen-bond acceptors (Lipinski definition) is 5. The van der Waals surface area contributed by atoms with E-state index in [1.54, 1.807) is 0 Å². The van der Waals surface area contributed by atoms with Gasteiger partial charge in [0.25, 0.3) is 0 Å². The average molecular weight is 451 g/mol. The van der Waals surface area contributed by atoms with Gasteiger partial charge in [0, 0.05) is 25.0 Å². The van der Waals surface area contributed by atoms with Crippen molar-refractivity contribution in [3.05, 3.63) is 35.4 Å². The lowest BCUT2D eigenvalue weighted by atomic mass is 9.68. The number of carboxylic acid groups (broad SMARTS) is 2. The molecule has 8 heteroatoms. The first kappa shape index (κ1) is 27.6. The van der Waals surface area contributed by atoms with Gasteiger partial charge in [0.05, 0.1) is 6.10 Å². The molecule has 1 aromatic rings. The van der Waals surface area contributed by atoms with E-state index in [1.807, 2.05) is 0 Å². The van der Waals surface area contributed by atoms with Crippen molar-refractivity contribution in [1.29, 1.82) is 0 Å². The molecule has 0 bridgehead atoms. The molecule has 0 saturated carbocycles. The van der Waals surface area contributed by atoms with Crippen LogP contribution in [-0.2, 0) is 24.5 Å². The highest BCUT2D eigenvalue weighted by Gasteiger charge is 2.41. The number of ether oxygens (including phenoxy) is 1. The van der Waals surface area contributed by atoms with Crippen LogP contribution in [0.4, 0.5) is 0 Å². The fourth-order valence-corrected chi connectivity index (χ4v) is 3.80. The molecule has 1 aliphatic heterocycles. The van der Waals surface area contributed by atoms with E-state index in [4.69, 9.17) is 24.5 Å². The van der Waals surface area contributed by atoms with Crippen molar-refractivity contribution in [2.24, 2.45) is 5.92 Å². The van der Waals surface area contributed by atoms with Crippen LogP contribution in [0.1, 0.15) is 50.7 Å². The Morgan fingerprint density at radius 2 is 1.75 bits per heavy atom. The Morgan fingerprint density at radius 1 is 1.16 bits per heavy atom. The molecule has 0 aliphatic carbocycles. The number of rotatable bonds is 8. The molecule has 1 aromatic carbocycles. The molecule has 1 aliphatic rings. The van der Waals surface area contributed by atoms with Crippen LogP contribution < -0.4 is 5.32 Å². The Balaban J connectivity index is 0.000000751. The first-order chi connectivity index (χ1) is 15.0. The van der Waals surface area contributed by atoms with Gasteiger partial charge in [-0.2, -0.15) is 0 Å². The number of nitrogens with zero attached hydrogens (tertiary/aromatic N) is 1. The zero-order valence-corrected chi connectivity index (χ0v) is 19.9. The maximum atomic E-state index is 12.7. The SMILES string of the molecule is Cc1ccc(C2(CC(=O)NCCCN(C)C)CCOC(C(C)C)C2)cc1.O=C(O)C(=O)O. The smallest absolute Gasteiger partial charge is 0.414 e. The molecule has 1 amide bonds. The van der Waals surface area contributed by atoms with E-state index in [0.29, 0.717) is 12.3 Å². The highest BCUT2D eigenvalue weighted by molar-refractivity contribution is 6.27.